The Morgan fingerprint density at radius 2 is 2.05 bits per heavy atom. The van der Waals surface area contributed by atoms with E-state index in [0.29, 0.717) is 16.4 Å². The van der Waals surface area contributed by atoms with Gasteiger partial charge in [-0.2, -0.15) is 5.10 Å². The Labute approximate surface area is 130 Å². The molecule has 0 unspecified atom stereocenters. The van der Waals surface area contributed by atoms with E-state index in [2.05, 4.69) is 14.8 Å². The molecule has 0 saturated heterocycles. The van der Waals surface area contributed by atoms with Crippen LogP contribution in [0.15, 0.2) is 18.2 Å². The van der Waals surface area contributed by atoms with E-state index in [-0.39, 0.29) is 23.2 Å². The lowest BCUT2D eigenvalue weighted by molar-refractivity contribution is 0.0579. The molecular weight excluding hydrogens is 317 g/mol. The van der Waals surface area contributed by atoms with Gasteiger partial charge in [0.1, 0.15) is 12.4 Å². The van der Waals surface area contributed by atoms with Gasteiger partial charge in [0.25, 0.3) is 0 Å². The van der Waals surface area contributed by atoms with Gasteiger partial charge >= 0.3 is 5.97 Å². The standard InChI is InChI=1S/C13H11Cl2N3O3/c1-7-16-12(13(20)21-2)18(17-7)6-11(19)9-4-3-8(14)5-10(9)15/h3-5H,6H2,1-2H3. The van der Waals surface area contributed by atoms with Crippen LogP contribution >= 0.6 is 23.2 Å². The van der Waals surface area contributed by atoms with Crippen molar-refractivity contribution in [3.8, 4) is 0 Å². The number of esters is 1. The molecule has 0 aliphatic heterocycles. The summed E-state index contributed by atoms with van der Waals surface area (Å²) < 4.78 is 5.79. The van der Waals surface area contributed by atoms with Crippen LogP contribution in [0.4, 0.5) is 0 Å². The predicted octanol–water partition coefficient (Wildman–Crippen LogP) is 2.56. The first-order valence-corrected chi connectivity index (χ1v) is 6.66. The summed E-state index contributed by atoms with van der Waals surface area (Å²) in [7, 11) is 1.23. The Bertz CT molecular complexity index is 713. The van der Waals surface area contributed by atoms with Crippen LogP contribution in [0, 0.1) is 6.92 Å². The largest absolute Gasteiger partial charge is 0.463 e. The van der Waals surface area contributed by atoms with Crippen LogP contribution in [0.25, 0.3) is 0 Å². The van der Waals surface area contributed by atoms with Gasteiger partial charge < -0.3 is 4.74 Å². The fourth-order valence-corrected chi connectivity index (χ4v) is 2.26. The lowest BCUT2D eigenvalue weighted by atomic mass is 10.1. The van der Waals surface area contributed by atoms with Gasteiger partial charge in [-0.25, -0.2) is 14.5 Å². The number of methoxy groups -OCH3 is 1. The molecule has 0 saturated carbocycles. The van der Waals surface area contributed by atoms with Crippen LogP contribution in [0.5, 0.6) is 0 Å². The van der Waals surface area contributed by atoms with E-state index in [1.54, 1.807) is 13.0 Å². The molecule has 110 valence electrons. The Morgan fingerprint density at radius 1 is 1.33 bits per heavy atom. The van der Waals surface area contributed by atoms with Crippen molar-refractivity contribution >= 4 is 35.0 Å². The van der Waals surface area contributed by atoms with Crippen molar-refractivity contribution in [1.29, 1.82) is 0 Å². The summed E-state index contributed by atoms with van der Waals surface area (Å²) in [6, 6.07) is 4.56. The zero-order valence-corrected chi connectivity index (χ0v) is 12.8. The van der Waals surface area contributed by atoms with Crippen LogP contribution in [0.3, 0.4) is 0 Å². The van der Waals surface area contributed by atoms with E-state index < -0.39 is 5.97 Å². The second kappa shape index (κ2) is 6.24. The van der Waals surface area contributed by atoms with E-state index in [4.69, 9.17) is 23.2 Å². The van der Waals surface area contributed by atoms with Crippen molar-refractivity contribution in [2.24, 2.45) is 0 Å². The first-order valence-electron chi connectivity index (χ1n) is 5.90. The number of hydrogen-bond donors (Lipinski definition) is 0. The molecule has 0 fully saturated rings. The summed E-state index contributed by atoms with van der Waals surface area (Å²) >= 11 is 11.8. The maximum Gasteiger partial charge on any atom is 0.375 e. The molecule has 0 N–H and O–H groups in total. The number of ether oxygens (including phenoxy) is 1. The molecule has 8 heteroatoms. The molecular formula is C13H11Cl2N3O3. The van der Waals surface area contributed by atoms with Crippen molar-refractivity contribution in [1.82, 2.24) is 14.8 Å². The third-order valence-corrected chi connectivity index (χ3v) is 3.22. The number of carbonyl (C=O) groups excluding carboxylic acids is 2. The van der Waals surface area contributed by atoms with Crippen LogP contribution in [-0.4, -0.2) is 33.6 Å². The molecule has 0 atom stereocenters. The zero-order valence-electron chi connectivity index (χ0n) is 11.3. The smallest absolute Gasteiger partial charge is 0.375 e. The van der Waals surface area contributed by atoms with Gasteiger partial charge in [0.05, 0.1) is 12.1 Å². The zero-order chi connectivity index (χ0) is 15.6. The molecule has 2 aromatic rings. The van der Waals surface area contributed by atoms with Crippen LogP contribution in [-0.2, 0) is 11.3 Å². The second-order valence-corrected chi connectivity index (χ2v) is 5.02. The first-order chi connectivity index (χ1) is 9.92. The molecule has 21 heavy (non-hydrogen) atoms. The average Bonchev–Trinajstić information content (AvgIpc) is 2.78. The number of halogens is 2. The molecule has 1 heterocycles. The maximum atomic E-state index is 12.3. The Morgan fingerprint density at radius 3 is 2.67 bits per heavy atom. The number of carbonyl (C=O) groups is 2. The molecule has 2 rings (SSSR count). The Hall–Kier alpha value is -1.92. The molecule has 0 radical (unpaired) electrons. The summed E-state index contributed by atoms with van der Waals surface area (Å²) in [6.45, 7) is 1.44. The number of hydrogen-bond acceptors (Lipinski definition) is 5. The van der Waals surface area contributed by atoms with E-state index >= 15 is 0 Å². The quantitative estimate of drug-likeness (QED) is 0.637. The molecule has 0 aliphatic rings. The molecule has 0 aliphatic carbocycles. The van der Waals surface area contributed by atoms with Gasteiger partial charge in [-0.15, -0.1) is 0 Å². The van der Waals surface area contributed by atoms with Gasteiger partial charge in [0.2, 0.25) is 5.82 Å². The van der Waals surface area contributed by atoms with Gasteiger partial charge in [0.15, 0.2) is 5.78 Å². The molecule has 1 aromatic heterocycles. The number of Topliss-reactive ketones (excluding diaryl/α,β-unsaturated/α-hetero) is 1. The monoisotopic (exact) mass is 327 g/mol. The van der Waals surface area contributed by atoms with Gasteiger partial charge in [-0.1, -0.05) is 23.2 Å². The highest BCUT2D eigenvalue weighted by molar-refractivity contribution is 6.36. The molecule has 0 bridgehead atoms. The number of rotatable bonds is 4. The molecule has 0 amide bonds. The number of aryl methyl sites for hydroxylation is 1. The second-order valence-electron chi connectivity index (χ2n) is 4.18. The summed E-state index contributed by atoms with van der Waals surface area (Å²) in [5, 5.41) is 4.68. The number of benzene rings is 1. The highest BCUT2D eigenvalue weighted by atomic mass is 35.5. The fraction of sp³-hybridized carbons (Fsp3) is 0.231. The van der Waals surface area contributed by atoms with E-state index in [0.717, 1.165) is 0 Å². The minimum absolute atomic E-state index is 0.0339. The highest BCUT2D eigenvalue weighted by Gasteiger charge is 2.20. The third-order valence-electron chi connectivity index (χ3n) is 2.67. The van der Waals surface area contributed by atoms with Gasteiger partial charge in [-0.3, -0.25) is 4.79 Å². The van der Waals surface area contributed by atoms with Crippen LogP contribution in [0.2, 0.25) is 10.0 Å². The van der Waals surface area contributed by atoms with Crippen molar-refractivity contribution in [2.75, 3.05) is 7.11 Å². The van der Waals surface area contributed by atoms with Crippen molar-refractivity contribution in [2.45, 2.75) is 13.5 Å². The van der Waals surface area contributed by atoms with Crippen molar-refractivity contribution < 1.29 is 14.3 Å². The van der Waals surface area contributed by atoms with Crippen molar-refractivity contribution in [3.05, 3.63) is 45.5 Å². The van der Waals surface area contributed by atoms with Gasteiger partial charge in [0, 0.05) is 10.6 Å². The summed E-state index contributed by atoms with van der Waals surface area (Å²) in [5.74, 6) is -0.642. The highest BCUT2D eigenvalue weighted by Crippen LogP contribution is 2.21. The number of nitrogens with zero attached hydrogens (tertiary/aromatic N) is 3. The third kappa shape index (κ3) is 3.40. The average molecular weight is 328 g/mol. The summed E-state index contributed by atoms with van der Waals surface area (Å²) in [5.41, 5.74) is 0.296. The normalized spacial score (nSPS) is 10.5. The van der Waals surface area contributed by atoms with Crippen LogP contribution in [0.1, 0.15) is 26.8 Å². The SMILES string of the molecule is COC(=O)c1nc(C)nn1CC(=O)c1ccc(Cl)cc1Cl. The lowest BCUT2D eigenvalue weighted by Gasteiger charge is -2.06. The number of ketones is 1. The number of aromatic nitrogens is 3. The fourth-order valence-electron chi connectivity index (χ4n) is 1.74. The van der Waals surface area contributed by atoms with E-state index in [9.17, 15) is 9.59 Å². The molecule has 6 nitrogen and oxygen atoms in total. The first kappa shape index (κ1) is 15.5. The predicted molar refractivity (Wildman–Crippen MR) is 76.9 cm³/mol. The topological polar surface area (TPSA) is 74.1 Å². The Balaban J connectivity index is 2.29. The Kier molecular flexibility index (Phi) is 4.59. The minimum atomic E-state index is -0.661. The van der Waals surface area contributed by atoms with E-state index in [1.807, 2.05) is 0 Å². The molecule has 0 spiro atoms. The summed E-state index contributed by atoms with van der Waals surface area (Å²) in [4.78, 5) is 27.8. The van der Waals surface area contributed by atoms with E-state index in [1.165, 1.54) is 23.9 Å². The molecule has 1 aromatic carbocycles. The van der Waals surface area contributed by atoms with Crippen molar-refractivity contribution in [3.63, 3.8) is 0 Å². The maximum absolute atomic E-state index is 12.3. The lowest BCUT2D eigenvalue weighted by Crippen LogP contribution is -2.18. The van der Waals surface area contributed by atoms with Gasteiger partial charge in [-0.05, 0) is 25.1 Å². The summed E-state index contributed by atoms with van der Waals surface area (Å²) in [6.07, 6.45) is 0. The van der Waals surface area contributed by atoms with Crippen LogP contribution < -0.4 is 0 Å². The minimum Gasteiger partial charge on any atom is -0.463 e.